The Morgan fingerprint density at radius 1 is 1.35 bits per heavy atom. The number of hydrogen-bond acceptors (Lipinski definition) is 5. The van der Waals surface area contributed by atoms with Gasteiger partial charge in [-0.3, -0.25) is 0 Å². The van der Waals surface area contributed by atoms with E-state index in [9.17, 15) is 4.79 Å². The summed E-state index contributed by atoms with van der Waals surface area (Å²) in [7, 11) is 1.54. The van der Waals surface area contributed by atoms with Gasteiger partial charge in [0.05, 0.1) is 24.3 Å². The van der Waals surface area contributed by atoms with Crippen LogP contribution in [-0.2, 0) is 4.74 Å². The van der Waals surface area contributed by atoms with Gasteiger partial charge in [0.1, 0.15) is 12.2 Å². The molecule has 0 heterocycles. The molecule has 0 unspecified atom stereocenters. The van der Waals surface area contributed by atoms with Crippen molar-refractivity contribution in [2.75, 3.05) is 13.7 Å². The van der Waals surface area contributed by atoms with Gasteiger partial charge in [0.25, 0.3) is 0 Å². The predicted octanol–water partition coefficient (Wildman–Crippen LogP) is 3.00. The molecular formula is C17H22N2O4. The Labute approximate surface area is 136 Å². The van der Waals surface area contributed by atoms with Gasteiger partial charge in [0.15, 0.2) is 11.5 Å². The molecule has 6 nitrogen and oxygen atoms in total. The summed E-state index contributed by atoms with van der Waals surface area (Å²) < 4.78 is 16.3. The topological polar surface area (TPSA) is 80.6 Å². The van der Waals surface area contributed by atoms with E-state index in [-0.39, 0.29) is 0 Å². The third kappa shape index (κ3) is 4.78. The fourth-order valence-electron chi connectivity index (χ4n) is 2.05. The van der Waals surface area contributed by atoms with Crippen LogP contribution in [-0.4, -0.2) is 30.9 Å². The van der Waals surface area contributed by atoms with Crippen LogP contribution in [0.2, 0.25) is 0 Å². The standard InChI is InChI=1S/C17H22N2O4/c1-16(2,3)23-15(20)19-17(7-8-17)11-22-14-9-12(10-18)5-6-13(14)21-4/h5-6,9H,7-8,11H2,1-4H3,(H,19,20). The highest BCUT2D eigenvalue weighted by Crippen LogP contribution is 2.37. The van der Waals surface area contributed by atoms with E-state index in [0.717, 1.165) is 12.8 Å². The number of amides is 1. The van der Waals surface area contributed by atoms with E-state index in [1.807, 2.05) is 20.8 Å². The normalized spacial score (nSPS) is 15.3. The summed E-state index contributed by atoms with van der Waals surface area (Å²) >= 11 is 0. The van der Waals surface area contributed by atoms with E-state index in [0.29, 0.717) is 23.7 Å². The first kappa shape index (κ1) is 16.9. The summed E-state index contributed by atoms with van der Waals surface area (Å²) in [6.45, 7) is 5.76. The molecule has 6 heteroatoms. The molecule has 2 rings (SSSR count). The van der Waals surface area contributed by atoms with Gasteiger partial charge in [0.2, 0.25) is 0 Å². The molecule has 1 aliphatic carbocycles. The highest BCUT2D eigenvalue weighted by molar-refractivity contribution is 5.69. The van der Waals surface area contributed by atoms with Crippen molar-refractivity contribution in [3.05, 3.63) is 23.8 Å². The Bertz CT molecular complexity index is 624. The van der Waals surface area contributed by atoms with Crippen LogP contribution in [0.1, 0.15) is 39.2 Å². The fourth-order valence-corrected chi connectivity index (χ4v) is 2.05. The molecule has 1 aliphatic rings. The van der Waals surface area contributed by atoms with Gasteiger partial charge in [-0.25, -0.2) is 4.79 Å². The number of carbonyl (C=O) groups is 1. The monoisotopic (exact) mass is 318 g/mol. The second-order valence-electron chi connectivity index (χ2n) is 6.67. The molecular weight excluding hydrogens is 296 g/mol. The van der Waals surface area contributed by atoms with Gasteiger partial charge in [-0.2, -0.15) is 5.26 Å². The molecule has 0 spiro atoms. The summed E-state index contributed by atoms with van der Waals surface area (Å²) in [5, 5.41) is 11.8. The fraction of sp³-hybridized carbons (Fsp3) is 0.529. The molecule has 1 N–H and O–H groups in total. The largest absolute Gasteiger partial charge is 0.493 e. The minimum absolute atomic E-state index is 0.303. The summed E-state index contributed by atoms with van der Waals surface area (Å²) in [6, 6.07) is 7.04. The minimum Gasteiger partial charge on any atom is -0.493 e. The van der Waals surface area contributed by atoms with Crippen LogP contribution >= 0.6 is 0 Å². The molecule has 1 saturated carbocycles. The first-order valence-corrected chi connectivity index (χ1v) is 7.49. The zero-order valence-corrected chi connectivity index (χ0v) is 13.9. The zero-order valence-electron chi connectivity index (χ0n) is 13.9. The summed E-state index contributed by atoms with van der Waals surface area (Å²) in [5.41, 5.74) is -0.452. The van der Waals surface area contributed by atoms with Crippen molar-refractivity contribution in [3.8, 4) is 17.6 Å². The smallest absolute Gasteiger partial charge is 0.408 e. The number of alkyl carbamates (subject to hydrolysis) is 1. The van der Waals surface area contributed by atoms with Gasteiger partial charge in [-0.15, -0.1) is 0 Å². The Balaban J connectivity index is 1.98. The number of nitriles is 1. The van der Waals surface area contributed by atoms with Crippen LogP contribution in [0.4, 0.5) is 4.79 Å². The number of methoxy groups -OCH3 is 1. The molecule has 0 saturated heterocycles. The number of benzene rings is 1. The van der Waals surface area contributed by atoms with E-state index in [4.69, 9.17) is 19.5 Å². The third-order valence-corrected chi connectivity index (χ3v) is 3.42. The molecule has 23 heavy (non-hydrogen) atoms. The molecule has 1 aromatic carbocycles. The van der Waals surface area contributed by atoms with Gasteiger partial charge in [-0.1, -0.05) is 0 Å². The minimum atomic E-state index is -0.536. The Morgan fingerprint density at radius 3 is 2.57 bits per heavy atom. The molecule has 0 radical (unpaired) electrons. The predicted molar refractivity (Wildman–Crippen MR) is 84.5 cm³/mol. The number of hydrogen-bond donors (Lipinski definition) is 1. The molecule has 0 atom stereocenters. The zero-order chi connectivity index (χ0) is 17.1. The summed E-state index contributed by atoms with van der Waals surface area (Å²) in [5.74, 6) is 1.04. The maximum absolute atomic E-state index is 11.9. The quantitative estimate of drug-likeness (QED) is 0.902. The third-order valence-electron chi connectivity index (χ3n) is 3.42. The van der Waals surface area contributed by atoms with Crippen LogP contribution in [0.5, 0.6) is 11.5 Å². The Kier molecular flexibility index (Phi) is 4.69. The van der Waals surface area contributed by atoms with Crippen LogP contribution in [0.3, 0.4) is 0 Å². The molecule has 124 valence electrons. The lowest BCUT2D eigenvalue weighted by Gasteiger charge is -2.23. The van der Waals surface area contributed by atoms with E-state index >= 15 is 0 Å². The van der Waals surface area contributed by atoms with E-state index in [2.05, 4.69) is 11.4 Å². The van der Waals surface area contributed by atoms with Crippen molar-refractivity contribution >= 4 is 6.09 Å². The maximum Gasteiger partial charge on any atom is 0.408 e. The van der Waals surface area contributed by atoms with Gasteiger partial charge in [0, 0.05) is 6.07 Å². The molecule has 1 aromatic rings. The molecule has 0 bridgehead atoms. The lowest BCUT2D eigenvalue weighted by molar-refractivity contribution is 0.0476. The average Bonchev–Trinajstić information content (AvgIpc) is 3.22. The van der Waals surface area contributed by atoms with Crippen molar-refractivity contribution in [2.24, 2.45) is 0 Å². The van der Waals surface area contributed by atoms with Crippen molar-refractivity contribution in [2.45, 2.75) is 44.8 Å². The first-order valence-electron chi connectivity index (χ1n) is 7.49. The van der Waals surface area contributed by atoms with E-state index < -0.39 is 17.2 Å². The lowest BCUT2D eigenvalue weighted by Crippen LogP contribution is -2.44. The van der Waals surface area contributed by atoms with Crippen LogP contribution < -0.4 is 14.8 Å². The number of nitrogens with zero attached hydrogens (tertiary/aromatic N) is 1. The number of carbonyl (C=O) groups excluding carboxylic acids is 1. The number of rotatable bonds is 5. The van der Waals surface area contributed by atoms with Crippen molar-refractivity contribution in [1.29, 1.82) is 5.26 Å². The summed E-state index contributed by atoms with van der Waals surface area (Å²) in [6.07, 6.45) is 1.20. The average molecular weight is 318 g/mol. The van der Waals surface area contributed by atoms with Crippen LogP contribution in [0, 0.1) is 11.3 Å². The number of nitrogens with one attached hydrogen (secondary N) is 1. The molecule has 1 fully saturated rings. The van der Waals surface area contributed by atoms with Crippen molar-refractivity contribution in [1.82, 2.24) is 5.32 Å². The first-order chi connectivity index (χ1) is 10.8. The number of ether oxygens (including phenoxy) is 3. The second-order valence-corrected chi connectivity index (χ2v) is 6.67. The van der Waals surface area contributed by atoms with E-state index in [1.165, 1.54) is 0 Å². The SMILES string of the molecule is COc1ccc(C#N)cc1OCC1(NC(=O)OC(C)(C)C)CC1. The molecule has 1 amide bonds. The van der Waals surface area contributed by atoms with E-state index in [1.54, 1.807) is 25.3 Å². The lowest BCUT2D eigenvalue weighted by atomic mass is 10.2. The Morgan fingerprint density at radius 2 is 2.04 bits per heavy atom. The van der Waals surface area contributed by atoms with Crippen molar-refractivity contribution in [3.63, 3.8) is 0 Å². The van der Waals surface area contributed by atoms with Crippen molar-refractivity contribution < 1.29 is 19.0 Å². The van der Waals surface area contributed by atoms with Gasteiger partial charge < -0.3 is 19.5 Å². The van der Waals surface area contributed by atoms with Crippen LogP contribution in [0.25, 0.3) is 0 Å². The van der Waals surface area contributed by atoms with Gasteiger partial charge >= 0.3 is 6.09 Å². The highest BCUT2D eigenvalue weighted by Gasteiger charge is 2.46. The Hall–Kier alpha value is -2.42. The molecule has 0 aromatic heterocycles. The van der Waals surface area contributed by atoms with Crippen LogP contribution in [0.15, 0.2) is 18.2 Å². The second kappa shape index (κ2) is 6.37. The summed E-state index contributed by atoms with van der Waals surface area (Å²) in [4.78, 5) is 11.9. The maximum atomic E-state index is 11.9. The highest BCUT2D eigenvalue weighted by atomic mass is 16.6. The molecule has 0 aliphatic heterocycles. The van der Waals surface area contributed by atoms with Gasteiger partial charge in [-0.05, 0) is 45.7 Å².